The van der Waals surface area contributed by atoms with Crippen LogP contribution in [0.2, 0.25) is 10.0 Å². The van der Waals surface area contributed by atoms with E-state index in [1.54, 1.807) is 12.1 Å². The molecule has 1 aliphatic carbocycles. The van der Waals surface area contributed by atoms with Gasteiger partial charge in [-0.25, -0.2) is 0 Å². The topological polar surface area (TPSA) is 21.3 Å². The maximum atomic E-state index is 6.11. The highest BCUT2D eigenvalue weighted by Crippen LogP contribution is 2.34. The summed E-state index contributed by atoms with van der Waals surface area (Å²) in [6.07, 6.45) is 7.72. The van der Waals surface area contributed by atoms with Crippen molar-refractivity contribution in [2.45, 2.75) is 44.6 Å². The molecule has 0 radical (unpaired) electrons. The zero-order valence-corrected chi connectivity index (χ0v) is 14.5. The van der Waals surface area contributed by atoms with Crippen molar-refractivity contribution in [1.29, 1.82) is 0 Å². The number of ether oxygens (including phenoxy) is 1. The number of nitrogens with one attached hydrogen (secondary N) is 1. The van der Waals surface area contributed by atoms with E-state index >= 15 is 0 Å². The molecule has 1 fully saturated rings. The molecule has 0 aromatic heterocycles. The first kappa shape index (κ1) is 16.4. The average Bonchev–Trinajstić information content (AvgIpc) is 2.45. The molecule has 0 bridgehead atoms. The lowest BCUT2D eigenvalue weighted by molar-refractivity contribution is 0.297. The van der Waals surface area contributed by atoms with E-state index in [-0.39, 0.29) is 0 Å². The second-order valence-corrected chi connectivity index (χ2v) is 6.86. The van der Waals surface area contributed by atoms with Crippen molar-refractivity contribution < 1.29 is 4.74 Å². The molecule has 1 saturated carbocycles. The lowest BCUT2D eigenvalue weighted by Crippen LogP contribution is -2.32. The van der Waals surface area contributed by atoms with Crippen molar-refractivity contribution in [2.75, 3.05) is 13.2 Å². The van der Waals surface area contributed by atoms with E-state index in [4.69, 9.17) is 27.9 Å². The normalized spacial score (nSPS) is 16.4. The number of benzene rings is 1. The van der Waals surface area contributed by atoms with Crippen LogP contribution in [0.15, 0.2) is 16.6 Å². The van der Waals surface area contributed by atoms with Gasteiger partial charge in [0, 0.05) is 16.6 Å². The maximum absolute atomic E-state index is 6.11. The molecular formula is C15H20BrCl2NO. The van der Waals surface area contributed by atoms with E-state index in [9.17, 15) is 0 Å². The van der Waals surface area contributed by atoms with Crippen LogP contribution in [-0.4, -0.2) is 19.2 Å². The van der Waals surface area contributed by atoms with Crippen molar-refractivity contribution in [2.24, 2.45) is 0 Å². The van der Waals surface area contributed by atoms with Crippen molar-refractivity contribution in [3.8, 4) is 5.75 Å². The van der Waals surface area contributed by atoms with E-state index in [2.05, 4.69) is 21.2 Å². The zero-order valence-electron chi connectivity index (χ0n) is 11.4. The Bertz CT molecular complexity index is 436. The lowest BCUT2D eigenvalue weighted by atomic mass is 9.95. The standard InChI is InChI=1S/C15H20BrCl2NO/c16-12-9-14(18)15(10-13(12)17)20-8-4-7-19-11-5-2-1-3-6-11/h9-11,19H,1-8H2. The largest absolute Gasteiger partial charge is 0.492 e. The second kappa shape index (κ2) is 8.47. The van der Waals surface area contributed by atoms with Crippen molar-refractivity contribution in [3.05, 3.63) is 26.7 Å². The summed E-state index contributed by atoms with van der Waals surface area (Å²) in [7, 11) is 0. The van der Waals surface area contributed by atoms with Gasteiger partial charge in [-0.15, -0.1) is 0 Å². The summed E-state index contributed by atoms with van der Waals surface area (Å²) >= 11 is 15.5. The first-order valence-electron chi connectivity index (χ1n) is 7.17. The van der Waals surface area contributed by atoms with Gasteiger partial charge < -0.3 is 10.1 Å². The Hall–Kier alpha value is 0.0400. The van der Waals surface area contributed by atoms with Crippen molar-refractivity contribution in [1.82, 2.24) is 5.32 Å². The monoisotopic (exact) mass is 379 g/mol. The second-order valence-electron chi connectivity index (χ2n) is 5.19. The van der Waals surface area contributed by atoms with Crippen LogP contribution in [0.3, 0.4) is 0 Å². The highest BCUT2D eigenvalue weighted by Gasteiger charge is 2.12. The zero-order chi connectivity index (χ0) is 14.4. The molecule has 2 rings (SSSR count). The summed E-state index contributed by atoms with van der Waals surface area (Å²) in [5.74, 6) is 0.650. The third-order valence-corrected chi connectivity index (χ3v) is 5.08. The number of hydrogen-bond acceptors (Lipinski definition) is 2. The number of halogens is 3. The summed E-state index contributed by atoms with van der Waals surface area (Å²) in [6.45, 7) is 1.64. The Balaban J connectivity index is 1.66. The predicted molar refractivity (Wildman–Crippen MR) is 89.1 cm³/mol. The smallest absolute Gasteiger partial charge is 0.139 e. The van der Waals surface area contributed by atoms with Gasteiger partial charge in [0.05, 0.1) is 16.7 Å². The molecule has 0 spiro atoms. The predicted octanol–water partition coefficient (Wildman–Crippen LogP) is 5.45. The summed E-state index contributed by atoms with van der Waals surface area (Å²) in [6, 6.07) is 4.22. The minimum Gasteiger partial charge on any atom is -0.492 e. The third kappa shape index (κ3) is 5.10. The van der Waals surface area contributed by atoms with Gasteiger partial charge in [0.1, 0.15) is 5.75 Å². The molecule has 1 aliphatic rings. The van der Waals surface area contributed by atoms with Gasteiger partial charge in [-0.1, -0.05) is 42.5 Å². The molecule has 20 heavy (non-hydrogen) atoms. The van der Waals surface area contributed by atoms with E-state index < -0.39 is 0 Å². The average molecular weight is 381 g/mol. The molecule has 0 saturated heterocycles. The SMILES string of the molecule is Clc1cc(OCCCNC2CCCCC2)c(Cl)cc1Br. The van der Waals surface area contributed by atoms with Crippen LogP contribution >= 0.6 is 39.1 Å². The Morgan fingerprint density at radius 1 is 1.15 bits per heavy atom. The molecular weight excluding hydrogens is 361 g/mol. The molecule has 1 aromatic carbocycles. The van der Waals surface area contributed by atoms with Crippen LogP contribution in [0, 0.1) is 0 Å². The van der Waals surface area contributed by atoms with Gasteiger partial charge in [-0.2, -0.15) is 0 Å². The molecule has 2 nitrogen and oxygen atoms in total. The van der Waals surface area contributed by atoms with Crippen LogP contribution < -0.4 is 10.1 Å². The Morgan fingerprint density at radius 3 is 2.65 bits per heavy atom. The molecule has 0 unspecified atom stereocenters. The van der Waals surface area contributed by atoms with Gasteiger partial charge in [0.25, 0.3) is 0 Å². The van der Waals surface area contributed by atoms with E-state index in [1.165, 1.54) is 32.1 Å². The van der Waals surface area contributed by atoms with E-state index in [0.29, 0.717) is 28.4 Å². The fraction of sp³-hybridized carbons (Fsp3) is 0.600. The Labute approximate surface area is 139 Å². The first-order chi connectivity index (χ1) is 9.66. The van der Waals surface area contributed by atoms with E-state index in [1.807, 2.05) is 0 Å². The van der Waals surface area contributed by atoms with Crippen LogP contribution in [-0.2, 0) is 0 Å². The van der Waals surface area contributed by atoms with Crippen LogP contribution in [0.1, 0.15) is 38.5 Å². The molecule has 0 atom stereocenters. The summed E-state index contributed by atoms with van der Waals surface area (Å²) in [5.41, 5.74) is 0. The van der Waals surface area contributed by atoms with Gasteiger partial charge in [-0.3, -0.25) is 0 Å². The van der Waals surface area contributed by atoms with Crippen LogP contribution in [0.5, 0.6) is 5.75 Å². The Morgan fingerprint density at radius 2 is 1.90 bits per heavy atom. The molecule has 112 valence electrons. The van der Waals surface area contributed by atoms with Crippen LogP contribution in [0.4, 0.5) is 0 Å². The van der Waals surface area contributed by atoms with E-state index in [0.717, 1.165) is 17.4 Å². The van der Waals surface area contributed by atoms with Crippen molar-refractivity contribution in [3.63, 3.8) is 0 Å². The minimum absolute atomic E-state index is 0.585. The maximum Gasteiger partial charge on any atom is 0.139 e. The first-order valence-corrected chi connectivity index (χ1v) is 8.72. The van der Waals surface area contributed by atoms with Crippen LogP contribution in [0.25, 0.3) is 0 Å². The summed E-state index contributed by atoms with van der Waals surface area (Å²) < 4.78 is 6.47. The summed E-state index contributed by atoms with van der Waals surface area (Å²) in [4.78, 5) is 0. The van der Waals surface area contributed by atoms with Crippen molar-refractivity contribution >= 4 is 39.1 Å². The lowest BCUT2D eigenvalue weighted by Gasteiger charge is -2.22. The quantitative estimate of drug-likeness (QED) is 0.523. The van der Waals surface area contributed by atoms with Gasteiger partial charge in [0.2, 0.25) is 0 Å². The molecule has 0 heterocycles. The number of rotatable bonds is 6. The fourth-order valence-electron chi connectivity index (χ4n) is 2.48. The number of hydrogen-bond donors (Lipinski definition) is 1. The third-order valence-electron chi connectivity index (χ3n) is 3.59. The molecule has 0 aliphatic heterocycles. The van der Waals surface area contributed by atoms with Gasteiger partial charge in [-0.05, 0) is 47.8 Å². The fourth-order valence-corrected chi connectivity index (χ4v) is 3.33. The highest BCUT2D eigenvalue weighted by atomic mass is 79.9. The molecule has 5 heteroatoms. The highest BCUT2D eigenvalue weighted by molar-refractivity contribution is 9.10. The molecule has 0 amide bonds. The molecule has 1 N–H and O–H groups in total. The Kier molecular flexibility index (Phi) is 6.95. The minimum atomic E-state index is 0.585. The van der Waals surface area contributed by atoms with Gasteiger partial charge in [0.15, 0.2) is 0 Å². The van der Waals surface area contributed by atoms with Gasteiger partial charge >= 0.3 is 0 Å². The summed E-state index contributed by atoms with van der Waals surface area (Å²) in [5, 5.41) is 4.80. The molecule has 1 aromatic rings.